The number of halogens is 1. The highest BCUT2D eigenvalue weighted by Crippen LogP contribution is 2.21. The van der Waals surface area contributed by atoms with Crippen molar-refractivity contribution in [3.05, 3.63) is 69.0 Å². The molecule has 0 bridgehead atoms. The van der Waals surface area contributed by atoms with Gasteiger partial charge in [-0.15, -0.1) is 0 Å². The summed E-state index contributed by atoms with van der Waals surface area (Å²) < 4.78 is 3.28. The Labute approximate surface area is 181 Å². The van der Waals surface area contributed by atoms with Crippen molar-refractivity contribution in [1.82, 2.24) is 19.1 Å². The molecule has 2 aromatic heterocycles. The Morgan fingerprint density at radius 1 is 0.968 bits per heavy atom. The number of aromatic amines is 2. The molecule has 1 aliphatic rings. The monoisotopic (exact) mass is 440 g/mol. The minimum atomic E-state index is -0.368. The third-order valence-corrected chi connectivity index (χ3v) is 5.50. The van der Waals surface area contributed by atoms with Crippen LogP contribution in [0.1, 0.15) is 36.0 Å². The molecule has 9 heteroatoms. The summed E-state index contributed by atoms with van der Waals surface area (Å²) in [5, 5.41) is -0.368. The van der Waals surface area contributed by atoms with Gasteiger partial charge in [0.15, 0.2) is 5.78 Å². The number of imidazole rings is 2. The van der Waals surface area contributed by atoms with Crippen LogP contribution in [0.3, 0.4) is 0 Å². The lowest BCUT2D eigenvalue weighted by molar-refractivity contribution is -0.111. The van der Waals surface area contributed by atoms with Crippen molar-refractivity contribution in [3.63, 3.8) is 0 Å². The van der Waals surface area contributed by atoms with E-state index in [1.54, 1.807) is 21.3 Å². The van der Waals surface area contributed by atoms with Crippen molar-refractivity contribution in [2.45, 2.75) is 38.8 Å². The number of fused-ring (bicyclic) bond motifs is 1. The quantitative estimate of drug-likeness (QED) is 0.475. The molecule has 0 unspecified atom stereocenters. The van der Waals surface area contributed by atoms with Gasteiger partial charge in [-0.25, -0.2) is 9.59 Å². The van der Waals surface area contributed by atoms with Crippen LogP contribution < -0.4 is 11.4 Å². The lowest BCUT2D eigenvalue weighted by Gasteiger charge is -2.00. The SMILES string of the molecule is O=C(Cl)CCCn1c(=O)[nH]c2ccccc21.O=C1CCCn2c(=O)[nH]c3cccc1c32. The van der Waals surface area contributed by atoms with E-state index >= 15 is 0 Å². The van der Waals surface area contributed by atoms with E-state index < -0.39 is 0 Å². The highest BCUT2D eigenvalue weighted by molar-refractivity contribution is 6.63. The molecule has 8 nitrogen and oxygen atoms in total. The first kappa shape index (κ1) is 20.9. The first-order valence-electron chi connectivity index (χ1n) is 10.1. The van der Waals surface area contributed by atoms with Crippen LogP contribution in [0.25, 0.3) is 22.1 Å². The first-order valence-corrected chi connectivity index (χ1v) is 10.4. The Morgan fingerprint density at radius 3 is 2.52 bits per heavy atom. The lowest BCUT2D eigenvalue weighted by atomic mass is 10.1. The minimum absolute atomic E-state index is 0.118. The van der Waals surface area contributed by atoms with Crippen LogP contribution in [-0.4, -0.2) is 30.1 Å². The Kier molecular flexibility index (Phi) is 5.90. The molecule has 0 aliphatic carbocycles. The average Bonchev–Trinajstić information content (AvgIpc) is 3.17. The van der Waals surface area contributed by atoms with E-state index in [4.69, 9.17) is 11.6 Å². The maximum Gasteiger partial charge on any atom is 0.326 e. The molecule has 1 aliphatic heterocycles. The molecule has 0 radical (unpaired) electrons. The van der Waals surface area contributed by atoms with Crippen LogP contribution >= 0.6 is 11.6 Å². The Bertz CT molecular complexity index is 1390. The van der Waals surface area contributed by atoms with Crippen LogP contribution in [0.15, 0.2) is 52.1 Å². The van der Waals surface area contributed by atoms with Crippen LogP contribution in [-0.2, 0) is 17.9 Å². The Balaban J connectivity index is 0.000000149. The van der Waals surface area contributed by atoms with Gasteiger partial charge >= 0.3 is 11.4 Å². The van der Waals surface area contributed by atoms with E-state index in [0.29, 0.717) is 31.5 Å². The second-order valence-corrected chi connectivity index (χ2v) is 7.79. The van der Waals surface area contributed by atoms with E-state index in [1.165, 1.54) is 0 Å². The number of nitrogens with one attached hydrogen (secondary N) is 2. The molecule has 0 saturated carbocycles. The fourth-order valence-corrected chi connectivity index (χ4v) is 4.03. The molecule has 0 saturated heterocycles. The smallest absolute Gasteiger partial charge is 0.306 e. The first-order chi connectivity index (χ1) is 15.0. The number of Topliss-reactive ketones (excluding diaryl/α,β-unsaturated/α-hetero) is 1. The van der Waals surface area contributed by atoms with E-state index in [9.17, 15) is 19.2 Å². The predicted octanol–water partition coefficient (Wildman–Crippen LogP) is 3.18. The van der Waals surface area contributed by atoms with Crippen molar-refractivity contribution >= 4 is 44.7 Å². The fourth-order valence-electron chi connectivity index (χ4n) is 3.90. The number of aryl methyl sites for hydroxylation is 2. The number of H-pyrrole nitrogens is 2. The van der Waals surface area contributed by atoms with Gasteiger partial charge in [-0.1, -0.05) is 18.2 Å². The number of hydrogen-bond acceptors (Lipinski definition) is 4. The van der Waals surface area contributed by atoms with Crippen molar-refractivity contribution in [2.75, 3.05) is 0 Å². The zero-order valence-electron chi connectivity index (χ0n) is 16.7. The van der Waals surface area contributed by atoms with Gasteiger partial charge in [0.25, 0.3) is 0 Å². The molecule has 160 valence electrons. The van der Waals surface area contributed by atoms with Gasteiger partial charge in [-0.2, -0.15) is 0 Å². The topological polar surface area (TPSA) is 110 Å². The molecule has 2 aromatic carbocycles. The zero-order valence-corrected chi connectivity index (χ0v) is 17.4. The summed E-state index contributed by atoms with van der Waals surface area (Å²) >= 11 is 5.24. The summed E-state index contributed by atoms with van der Waals surface area (Å²) in [6, 6.07) is 12.9. The summed E-state index contributed by atoms with van der Waals surface area (Å²) in [5.41, 5.74) is 3.59. The van der Waals surface area contributed by atoms with E-state index in [2.05, 4.69) is 9.97 Å². The van der Waals surface area contributed by atoms with Gasteiger partial charge in [0, 0.05) is 31.5 Å². The normalized spacial score (nSPS) is 13.1. The Hall–Kier alpha value is -3.39. The van der Waals surface area contributed by atoms with Crippen molar-refractivity contribution in [2.24, 2.45) is 0 Å². The zero-order chi connectivity index (χ0) is 22.0. The van der Waals surface area contributed by atoms with Crippen LogP contribution in [0.4, 0.5) is 0 Å². The number of ketones is 1. The van der Waals surface area contributed by atoms with E-state index in [1.807, 2.05) is 30.3 Å². The molecule has 31 heavy (non-hydrogen) atoms. The molecule has 0 atom stereocenters. The van der Waals surface area contributed by atoms with Crippen molar-refractivity contribution in [1.29, 1.82) is 0 Å². The number of aromatic nitrogens is 4. The summed E-state index contributed by atoms with van der Waals surface area (Å²) in [6.45, 7) is 1.13. The van der Waals surface area contributed by atoms with Gasteiger partial charge < -0.3 is 9.97 Å². The third kappa shape index (κ3) is 4.25. The van der Waals surface area contributed by atoms with Gasteiger partial charge in [-0.05, 0) is 48.7 Å². The fraction of sp³-hybridized carbons (Fsp3) is 0.273. The van der Waals surface area contributed by atoms with Crippen LogP contribution in [0.2, 0.25) is 0 Å². The van der Waals surface area contributed by atoms with Gasteiger partial charge in [0.1, 0.15) is 0 Å². The molecule has 2 N–H and O–H groups in total. The molecular formula is C22H21ClN4O4. The van der Waals surface area contributed by atoms with Crippen LogP contribution in [0, 0.1) is 0 Å². The maximum absolute atomic E-state index is 11.8. The number of carbonyl (C=O) groups is 2. The number of benzene rings is 2. The summed E-state index contributed by atoms with van der Waals surface area (Å²) in [7, 11) is 0. The van der Waals surface area contributed by atoms with Crippen molar-refractivity contribution < 1.29 is 9.59 Å². The summed E-state index contributed by atoms with van der Waals surface area (Å²) in [5.74, 6) is 0.130. The van der Waals surface area contributed by atoms with Gasteiger partial charge in [-0.3, -0.25) is 18.7 Å². The highest BCUT2D eigenvalue weighted by atomic mass is 35.5. The second-order valence-electron chi connectivity index (χ2n) is 7.37. The standard InChI is InChI=1S/C11H11ClN2O2.C11H10N2O2/c12-10(15)6-3-7-14-9-5-2-1-4-8(9)13-11(14)16;14-9-5-2-6-13-10-7(9)3-1-4-8(10)12-11(13)15/h1-2,4-5H,3,6-7H2,(H,13,16);1,3-4H,2,5-6H2,(H,12,15). The molecular weight excluding hydrogens is 420 g/mol. The van der Waals surface area contributed by atoms with Gasteiger partial charge in [0.05, 0.1) is 22.1 Å². The molecule has 0 spiro atoms. The summed E-state index contributed by atoms with van der Waals surface area (Å²) in [6.07, 6.45) is 2.12. The number of nitrogens with zero attached hydrogens (tertiary/aromatic N) is 2. The molecule has 5 rings (SSSR count). The minimum Gasteiger partial charge on any atom is -0.306 e. The molecule has 4 aromatic rings. The molecule has 0 fully saturated rings. The summed E-state index contributed by atoms with van der Waals surface area (Å²) in [4.78, 5) is 51.1. The Morgan fingerprint density at radius 2 is 1.71 bits per heavy atom. The maximum atomic E-state index is 11.8. The van der Waals surface area contributed by atoms with Crippen LogP contribution in [0.5, 0.6) is 0 Å². The van der Waals surface area contributed by atoms with Crippen molar-refractivity contribution in [3.8, 4) is 0 Å². The number of rotatable bonds is 4. The van der Waals surface area contributed by atoms with E-state index in [0.717, 1.165) is 28.5 Å². The highest BCUT2D eigenvalue weighted by Gasteiger charge is 2.19. The third-order valence-electron chi connectivity index (χ3n) is 5.32. The average molecular weight is 441 g/mol. The number of hydrogen-bond donors (Lipinski definition) is 2. The molecule has 0 amide bonds. The number of carbonyl (C=O) groups excluding carboxylic acids is 2. The number of para-hydroxylation sites is 3. The lowest BCUT2D eigenvalue weighted by Crippen LogP contribution is -2.16. The largest absolute Gasteiger partial charge is 0.326 e. The predicted molar refractivity (Wildman–Crippen MR) is 119 cm³/mol. The van der Waals surface area contributed by atoms with E-state index in [-0.39, 0.29) is 28.8 Å². The molecule has 3 heterocycles. The second kappa shape index (κ2) is 8.77. The van der Waals surface area contributed by atoms with Gasteiger partial charge in [0.2, 0.25) is 5.24 Å².